The predicted octanol–water partition coefficient (Wildman–Crippen LogP) is 7.33. The van der Waals surface area contributed by atoms with E-state index in [1.807, 2.05) is 71.2 Å². The highest BCUT2D eigenvalue weighted by Gasteiger charge is 2.24. The highest BCUT2D eigenvalue weighted by Crippen LogP contribution is 2.29. The molecule has 10 heteroatoms. The second-order valence-electron chi connectivity index (χ2n) is 10.2. The van der Waals surface area contributed by atoms with Crippen molar-refractivity contribution in [2.24, 2.45) is 5.92 Å². The van der Waals surface area contributed by atoms with Crippen LogP contribution in [0.2, 0.25) is 10.0 Å². The molecule has 1 aromatic heterocycles. The minimum Gasteiger partial charge on any atom is -0.315 e. The SMILES string of the molecule is CSc1ccc(NC(=O)N(CC(=O)Nc2cc(C(C)(C)C)nn2-c2ccc(Cl)c(Cl)c2)CC(C)C)cc1. The third-order valence-corrected chi connectivity index (χ3v) is 6.92. The van der Waals surface area contributed by atoms with Crippen LogP contribution < -0.4 is 10.6 Å². The number of amides is 3. The van der Waals surface area contributed by atoms with Gasteiger partial charge in [0.25, 0.3) is 0 Å². The van der Waals surface area contributed by atoms with Gasteiger partial charge in [0.1, 0.15) is 12.4 Å². The third kappa shape index (κ3) is 7.90. The van der Waals surface area contributed by atoms with E-state index >= 15 is 0 Å². The van der Waals surface area contributed by atoms with E-state index in [9.17, 15) is 9.59 Å². The molecular formula is C27H33Cl2N5O2S. The van der Waals surface area contributed by atoms with Gasteiger partial charge in [0.05, 0.1) is 21.4 Å². The molecule has 0 aliphatic carbocycles. The topological polar surface area (TPSA) is 79.3 Å². The van der Waals surface area contributed by atoms with Crippen molar-refractivity contribution in [3.63, 3.8) is 0 Å². The highest BCUT2D eigenvalue weighted by atomic mass is 35.5. The molecule has 0 spiro atoms. The Hall–Kier alpha value is -2.68. The summed E-state index contributed by atoms with van der Waals surface area (Å²) >= 11 is 14.0. The molecule has 0 unspecified atom stereocenters. The van der Waals surface area contributed by atoms with Crippen LogP contribution >= 0.6 is 35.0 Å². The van der Waals surface area contributed by atoms with Gasteiger partial charge in [0, 0.05) is 28.6 Å². The number of nitrogens with zero attached hydrogens (tertiary/aromatic N) is 3. The number of carbonyl (C=O) groups excluding carboxylic acids is 2. The number of nitrogens with one attached hydrogen (secondary N) is 2. The fraction of sp³-hybridized carbons (Fsp3) is 0.370. The van der Waals surface area contributed by atoms with Gasteiger partial charge in [-0.2, -0.15) is 5.10 Å². The van der Waals surface area contributed by atoms with Crippen molar-refractivity contribution < 1.29 is 9.59 Å². The van der Waals surface area contributed by atoms with Gasteiger partial charge in [-0.05, 0) is 54.6 Å². The molecule has 0 saturated carbocycles. The number of aromatic nitrogens is 2. The zero-order valence-corrected chi connectivity index (χ0v) is 24.3. The van der Waals surface area contributed by atoms with Crippen LogP contribution in [0, 0.1) is 5.92 Å². The summed E-state index contributed by atoms with van der Waals surface area (Å²) in [7, 11) is 0. The van der Waals surface area contributed by atoms with Gasteiger partial charge in [0.2, 0.25) is 5.91 Å². The van der Waals surface area contributed by atoms with Crippen LogP contribution in [0.4, 0.5) is 16.3 Å². The lowest BCUT2D eigenvalue weighted by atomic mass is 9.92. The summed E-state index contributed by atoms with van der Waals surface area (Å²) < 4.78 is 1.63. The van der Waals surface area contributed by atoms with Crippen molar-refractivity contribution in [2.75, 3.05) is 30.0 Å². The van der Waals surface area contributed by atoms with E-state index in [0.717, 1.165) is 10.6 Å². The number of thioether (sulfide) groups is 1. The molecule has 0 fully saturated rings. The second-order valence-corrected chi connectivity index (χ2v) is 11.9. The molecule has 3 rings (SSSR count). The summed E-state index contributed by atoms with van der Waals surface area (Å²) in [6.07, 6.45) is 1.99. The molecule has 0 aliphatic heterocycles. The van der Waals surface area contributed by atoms with Gasteiger partial charge in [-0.1, -0.05) is 57.8 Å². The first-order chi connectivity index (χ1) is 17.4. The minimum atomic E-state index is -0.339. The predicted molar refractivity (Wildman–Crippen MR) is 155 cm³/mol. The van der Waals surface area contributed by atoms with E-state index < -0.39 is 0 Å². The Morgan fingerprint density at radius 2 is 1.70 bits per heavy atom. The molecule has 0 radical (unpaired) electrons. The minimum absolute atomic E-state index is 0.121. The summed E-state index contributed by atoms with van der Waals surface area (Å²) in [5.74, 6) is 0.313. The van der Waals surface area contributed by atoms with Gasteiger partial charge < -0.3 is 15.5 Å². The van der Waals surface area contributed by atoms with E-state index in [4.69, 9.17) is 28.3 Å². The average molecular weight is 563 g/mol. The number of urea groups is 1. The second kappa shape index (κ2) is 12.2. The number of hydrogen-bond donors (Lipinski definition) is 2. The monoisotopic (exact) mass is 561 g/mol. The first-order valence-electron chi connectivity index (χ1n) is 11.9. The van der Waals surface area contributed by atoms with Crippen LogP contribution in [0.3, 0.4) is 0 Å². The van der Waals surface area contributed by atoms with E-state index in [-0.39, 0.29) is 29.8 Å². The molecule has 3 amide bonds. The number of rotatable bonds is 8. The molecule has 0 atom stereocenters. The van der Waals surface area contributed by atoms with E-state index in [0.29, 0.717) is 33.8 Å². The van der Waals surface area contributed by atoms with Gasteiger partial charge in [0.15, 0.2) is 0 Å². The fourth-order valence-corrected chi connectivity index (χ4v) is 4.24. The number of hydrogen-bond acceptors (Lipinski definition) is 4. The number of halogens is 2. The summed E-state index contributed by atoms with van der Waals surface area (Å²) in [6.45, 7) is 10.4. The first-order valence-corrected chi connectivity index (χ1v) is 13.9. The summed E-state index contributed by atoms with van der Waals surface area (Å²) in [6, 6.07) is 14.2. The maximum Gasteiger partial charge on any atom is 0.322 e. The van der Waals surface area contributed by atoms with Crippen LogP contribution in [0.1, 0.15) is 40.3 Å². The van der Waals surface area contributed by atoms with E-state index in [1.54, 1.807) is 34.6 Å². The Bertz CT molecular complexity index is 1250. The molecule has 37 heavy (non-hydrogen) atoms. The van der Waals surface area contributed by atoms with Crippen molar-refractivity contribution in [3.8, 4) is 5.69 Å². The Morgan fingerprint density at radius 3 is 2.27 bits per heavy atom. The quantitative estimate of drug-likeness (QED) is 0.282. The highest BCUT2D eigenvalue weighted by molar-refractivity contribution is 7.98. The van der Waals surface area contributed by atoms with Crippen LogP contribution in [-0.2, 0) is 10.2 Å². The molecule has 2 N–H and O–H groups in total. The Labute approximate surface area is 232 Å². The number of carbonyl (C=O) groups is 2. The molecular weight excluding hydrogens is 529 g/mol. The van der Waals surface area contributed by atoms with Crippen molar-refractivity contribution in [1.82, 2.24) is 14.7 Å². The third-order valence-electron chi connectivity index (χ3n) is 5.44. The molecule has 0 bridgehead atoms. The summed E-state index contributed by atoms with van der Waals surface area (Å²) in [5.41, 5.74) is 1.87. The molecule has 198 valence electrons. The zero-order valence-electron chi connectivity index (χ0n) is 21.9. The number of anilines is 2. The van der Waals surface area contributed by atoms with E-state index in [1.165, 1.54) is 4.90 Å². The van der Waals surface area contributed by atoms with Crippen LogP contribution in [-0.4, -0.2) is 46.0 Å². The Morgan fingerprint density at radius 1 is 1.03 bits per heavy atom. The number of benzene rings is 2. The van der Waals surface area contributed by atoms with Crippen molar-refractivity contribution >= 4 is 58.4 Å². The van der Waals surface area contributed by atoms with Gasteiger partial charge in [-0.15, -0.1) is 11.8 Å². The molecule has 0 aliphatic rings. The van der Waals surface area contributed by atoms with Gasteiger partial charge in [-0.25, -0.2) is 9.48 Å². The fourth-order valence-electron chi connectivity index (χ4n) is 3.54. The molecule has 2 aromatic carbocycles. The maximum absolute atomic E-state index is 13.2. The summed E-state index contributed by atoms with van der Waals surface area (Å²) in [5, 5.41) is 11.4. The van der Waals surface area contributed by atoms with Crippen LogP contribution in [0.25, 0.3) is 5.69 Å². The van der Waals surface area contributed by atoms with Crippen molar-refractivity contribution in [2.45, 2.75) is 44.9 Å². The van der Waals surface area contributed by atoms with Crippen LogP contribution in [0.5, 0.6) is 0 Å². The summed E-state index contributed by atoms with van der Waals surface area (Å²) in [4.78, 5) is 28.9. The lowest BCUT2D eigenvalue weighted by Crippen LogP contribution is -2.42. The molecule has 1 heterocycles. The zero-order chi connectivity index (χ0) is 27.3. The van der Waals surface area contributed by atoms with E-state index in [2.05, 4.69) is 10.6 Å². The largest absolute Gasteiger partial charge is 0.322 e. The van der Waals surface area contributed by atoms with Gasteiger partial charge >= 0.3 is 6.03 Å². The Kier molecular flexibility index (Phi) is 9.56. The van der Waals surface area contributed by atoms with Gasteiger partial charge in [-0.3, -0.25) is 4.79 Å². The first kappa shape index (κ1) is 28.9. The molecule has 0 saturated heterocycles. The van der Waals surface area contributed by atoms with Crippen molar-refractivity contribution in [1.29, 1.82) is 0 Å². The van der Waals surface area contributed by atoms with Crippen molar-refractivity contribution in [3.05, 3.63) is 64.3 Å². The average Bonchev–Trinajstić information content (AvgIpc) is 3.25. The normalized spacial score (nSPS) is 11.5. The Balaban J connectivity index is 1.82. The van der Waals surface area contributed by atoms with Crippen LogP contribution in [0.15, 0.2) is 53.4 Å². The maximum atomic E-state index is 13.2. The molecule has 3 aromatic rings. The smallest absolute Gasteiger partial charge is 0.315 e. The molecule has 7 nitrogen and oxygen atoms in total. The standard InChI is InChI=1S/C27H33Cl2N5O2S/c1-17(2)15-33(26(36)30-18-7-10-20(37-6)11-8-18)16-25(35)31-24-14-23(27(3,4)5)32-34(24)19-9-12-21(28)22(29)13-19/h7-14,17H,15-16H2,1-6H3,(H,30,36)(H,31,35). The lowest BCUT2D eigenvalue weighted by Gasteiger charge is -2.24. The lowest BCUT2D eigenvalue weighted by molar-refractivity contribution is -0.116.